The maximum absolute atomic E-state index is 10.9. The first-order valence-electron chi connectivity index (χ1n) is 7.59. The van der Waals surface area contributed by atoms with E-state index >= 15 is 0 Å². The van der Waals surface area contributed by atoms with Crippen molar-refractivity contribution in [2.24, 2.45) is 0 Å². The lowest BCUT2D eigenvalue weighted by molar-refractivity contribution is -0.105. The number of aromatic nitrogens is 2. The molecular weight excluding hydrogens is 318 g/mol. The van der Waals surface area contributed by atoms with Gasteiger partial charge in [0.15, 0.2) is 0 Å². The molecule has 2 heterocycles. The quantitative estimate of drug-likeness (QED) is 0.525. The van der Waals surface area contributed by atoms with Crippen LogP contribution in [0.2, 0.25) is 0 Å². The van der Waals surface area contributed by atoms with Gasteiger partial charge in [-0.25, -0.2) is 4.98 Å². The van der Waals surface area contributed by atoms with Gasteiger partial charge in [0.05, 0.1) is 11.2 Å². The lowest BCUT2D eigenvalue weighted by atomic mass is 10.1. The number of amides is 1. The summed E-state index contributed by atoms with van der Waals surface area (Å²) < 4.78 is 0. The summed E-state index contributed by atoms with van der Waals surface area (Å²) in [6.45, 7) is 2.07. The number of hydrogen-bond acceptors (Lipinski definition) is 3. The third-order valence-electron chi connectivity index (χ3n) is 4.03. The second-order valence-corrected chi connectivity index (χ2v) is 6.49. The molecule has 2 aromatic heterocycles. The first-order valence-corrected chi connectivity index (χ1v) is 8.47. The molecule has 0 spiro atoms. The van der Waals surface area contributed by atoms with Crippen molar-refractivity contribution >= 4 is 34.3 Å². The van der Waals surface area contributed by atoms with Gasteiger partial charge in [-0.05, 0) is 30.7 Å². The Balaban J connectivity index is 1.95. The van der Waals surface area contributed by atoms with Gasteiger partial charge in [-0.15, -0.1) is 11.3 Å². The number of carbonyl (C=O) groups is 1. The van der Waals surface area contributed by atoms with Gasteiger partial charge in [-0.3, -0.25) is 4.79 Å². The van der Waals surface area contributed by atoms with Crippen molar-refractivity contribution < 1.29 is 4.79 Å². The molecule has 0 fully saturated rings. The van der Waals surface area contributed by atoms with E-state index in [0.717, 1.165) is 38.4 Å². The fourth-order valence-electron chi connectivity index (χ4n) is 2.83. The number of fused-ring (bicyclic) bond motifs is 1. The van der Waals surface area contributed by atoms with Gasteiger partial charge >= 0.3 is 0 Å². The van der Waals surface area contributed by atoms with Gasteiger partial charge in [0.2, 0.25) is 6.41 Å². The summed E-state index contributed by atoms with van der Waals surface area (Å²) in [7, 11) is 0. The van der Waals surface area contributed by atoms with Crippen LogP contribution >= 0.6 is 11.3 Å². The molecule has 0 unspecified atom stereocenters. The van der Waals surface area contributed by atoms with Gasteiger partial charge in [0, 0.05) is 28.2 Å². The molecule has 0 saturated heterocycles. The molecule has 4 nitrogen and oxygen atoms in total. The normalized spacial score (nSPS) is 10.9. The first-order chi connectivity index (χ1) is 11.8. The zero-order valence-corrected chi connectivity index (χ0v) is 13.9. The summed E-state index contributed by atoms with van der Waals surface area (Å²) in [5, 5.41) is 6.75. The number of carbonyl (C=O) groups excluding carboxylic acids is 1. The van der Waals surface area contributed by atoms with Crippen LogP contribution in [-0.2, 0) is 4.79 Å². The first kappa shape index (κ1) is 14.7. The van der Waals surface area contributed by atoms with E-state index in [2.05, 4.69) is 52.5 Å². The average molecular weight is 333 g/mol. The van der Waals surface area contributed by atoms with E-state index in [0.29, 0.717) is 6.41 Å². The molecule has 0 radical (unpaired) electrons. The SMILES string of the molecule is Cc1ccc(-c2cc3c(-c4nccs4)ccc(NC=O)c3[nH]2)cc1. The number of hydrogen-bond donors (Lipinski definition) is 2. The number of rotatable bonds is 4. The predicted octanol–water partition coefficient (Wildman–Crippen LogP) is 4.84. The Hall–Kier alpha value is -2.92. The number of H-pyrrole nitrogens is 1. The third kappa shape index (κ3) is 2.49. The average Bonchev–Trinajstić information content (AvgIpc) is 3.26. The zero-order chi connectivity index (χ0) is 16.5. The molecule has 0 aliphatic heterocycles. The fraction of sp³-hybridized carbons (Fsp3) is 0.0526. The second-order valence-electron chi connectivity index (χ2n) is 5.60. The van der Waals surface area contributed by atoms with Gasteiger partial charge < -0.3 is 10.3 Å². The third-order valence-corrected chi connectivity index (χ3v) is 4.84. The van der Waals surface area contributed by atoms with E-state index in [1.54, 1.807) is 17.5 Å². The van der Waals surface area contributed by atoms with Crippen molar-refractivity contribution in [2.45, 2.75) is 6.92 Å². The molecule has 0 aliphatic rings. The highest BCUT2D eigenvalue weighted by Crippen LogP contribution is 2.36. The van der Waals surface area contributed by atoms with Crippen LogP contribution in [0, 0.1) is 6.92 Å². The van der Waals surface area contributed by atoms with E-state index in [9.17, 15) is 4.79 Å². The van der Waals surface area contributed by atoms with Crippen molar-refractivity contribution in [2.75, 3.05) is 5.32 Å². The van der Waals surface area contributed by atoms with Gasteiger partial charge in [-0.2, -0.15) is 0 Å². The highest BCUT2D eigenvalue weighted by atomic mass is 32.1. The summed E-state index contributed by atoms with van der Waals surface area (Å²) in [5.74, 6) is 0. The fourth-order valence-corrected chi connectivity index (χ4v) is 3.51. The van der Waals surface area contributed by atoms with Crippen LogP contribution in [0.15, 0.2) is 54.0 Å². The Morgan fingerprint density at radius 2 is 2.00 bits per heavy atom. The van der Waals surface area contributed by atoms with Crippen molar-refractivity contribution in [1.29, 1.82) is 0 Å². The molecule has 2 N–H and O–H groups in total. The van der Waals surface area contributed by atoms with E-state index in [4.69, 9.17) is 0 Å². The van der Waals surface area contributed by atoms with Gasteiger partial charge in [0.25, 0.3) is 0 Å². The number of nitrogens with zero attached hydrogens (tertiary/aromatic N) is 1. The molecule has 24 heavy (non-hydrogen) atoms. The molecule has 0 atom stereocenters. The largest absolute Gasteiger partial charge is 0.353 e. The van der Waals surface area contributed by atoms with Crippen LogP contribution in [0.4, 0.5) is 5.69 Å². The minimum atomic E-state index is 0.699. The van der Waals surface area contributed by atoms with Crippen molar-refractivity contribution in [1.82, 2.24) is 9.97 Å². The Bertz CT molecular complexity index is 1000. The number of aromatic amines is 1. The molecule has 2 aromatic carbocycles. The molecule has 0 aliphatic carbocycles. The smallest absolute Gasteiger partial charge is 0.211 e. The minimum Gasteiger partial charge on any atom is -0.353 e. The molecule has 4 aromatic rings. The Kier molecular flexibility index (Phi) is 3.63. The highest BCUT2D eigenvalue weighted by Gasteiger charge is 2.13. The molecule has 0 bridgehead atoms. The maximum Gasteiger partial charge on any atom is 0.211 e. The monoisotopic (exact) mass is 333 g/mol. The topological polar surface area (TPSA) is 57.8 Å². The van der Waals surface area contributed by atoms with E-state index < -0.39 is 0 Å². The minimum absolute atomic E-state index is 0.699. The molecule has 1 amide bonds. The van der Waals surface area contributed by atoms with Crippen molar-refractivity contribution in [3.8, 4) is 21.8 Å². The lowest BCUT2D eigenvalue weighted by Gasteiger charge is -2.04. The van der Waals surface area contributed by atoms with Gasteiger partial charge in [0.1, 0.15) is 5.01 Å². The van der Waals surface area contributed by atoms with Crippen LogP contribution in [0.3, 0.4) is 0 Å². The van der Waals surface area contributed by atoms with E-state index in [1.165, 1.54) is 5.56 Å². The maximum atomic E-state index is 10.9. The second kappa shape index (κ2) is 5.94. The summed E-state index contributed by atoms with van der Waals surface area (Å²) in [4.78, 5) is 18.8. The number of thiazole rings is 1. The zero-order valence-electron chi connectivity index (χ0n) is 13.0. The van der Waals surface area contributed by atoms with E-state index in [-0.39, 0.29) is 0 Å². The number of aryl methyl sites for hydroxylation is 1. The Morgan fingerprint density at radius 1 is 1.17 bits per heavy atom. The predicted molar refractivity (Wildman–Crippen MR) is 99.3 cm³/mol. The van der Waals surface area contributed by atoms with Crippen molar-refractivity contribution in [3.05, 3.63) is 59.6 Å². The van der Waals surface area contributed by atoms with Crippen molar-refractivity contribution in [3.63, 3.8) is 0 Å². The lowest BCUT2D eigenvalue weighted by Crippen LogP contribution is -1.95. The standard InChI is InChI=1S/C19H15N3OS/c1-12-2-4-13(5-3-12)17-10-15-14(19-20-8-9-24-19)6-7-16(21-11-23)18(15)22-17/h2-11,22H,1H3,(H,21,23). The van der Waals surface area contributed by atoms with Crippen LogP contribution in [-0.4, -0.2) is 16.4 Å². The molecule has 0 saturated carbocycles. The highest BCUT2D eigenvalue weighted by molar-refractivity contribution is 7.13. The summed E-state index contributed by atoms with van der Waals surface area (Å²) in [6.07, 6.45) is 2.50. The molecule has 4 rings (SSSR count). The summed E-state index contributed by atoms with van der Waals surface area (Å²) in [5.41, 5.74) is 6.08. The number of benzene rings is 2. The molecule has 118 valence electrons. The summed E-state index contributed by atoms with van der Waals surface area (Å²) >= 11 is 1.60. The summed E-state index contributed by atoms with van der Waals surface area (Å²) in [6, 6.07) is 14.4. The van der Waals surface area contributed by atoms with Gasteiger partial charge in [-0.1, -0.05) is 29.8 Å². The molecule has 5 heteroatoms. The van der Waals surface area contributed by atoms with Crippen LogP contribution in [0.25, 0.3) is 32.7 Å². The Labute approximate surface area is 143 Å². The van der Waals surface area contributed by atoms with Crippen LogP contribution in [0.1, 0.15) is 5.56 Å². The number of anilines is 1. The van der Waals surface area contributed by atoms with E-state index in [1.807, 2.05) is 17.5 Å². The molecular formula is C19H15N3OS. The van der Waals surface area contributed by atoms with Crippen LogP contribution < -0.4 is 5.32 Å². The van der Waals surface area contributed by atoms with Crippen LogP contribution in [0.5, 0.6) is 0 Å². The Morgan fingerprint density at radius 3 is 2.71 bits per heavy atom. The number of nitrogens with one attached hydrogen (secondary N) is 2.